The second kappa shape index (κ2) is 2.39. The molecule has 0 aliphatic rings. The first-order valence-electron chi connectivity index (χ1n) is 0.506. The molecule has 0 saturated heterocycles. The molecule has 0 aromatic heterocycles. The molecule has 0 atom stereocenters. The molecule has 0 bridgehead atoms. The zero-order chi connectivity index (χ0) is 3.58. The molecule has 4 heavy (non-hydrogen) atoms. The Kier molecular flexibility index (Phi) is 3.08. The molecule has 0 saturated carbocycles. The molecule has 0 heterocycles. The van der Waals surface area contributed by atoms with Gasteiger partial charge in [-0.2, -0.15) is 0 Å². The molecule has 0 rings (SSSR count). The van der Waals surface area contributed by atoms with E-state index in [-0.39, 0.29) is 2.22 Å². The van der Waals surface area contributed by atoms with E-state index in [1.54, 1.807) is 0 Å². The third-order valence-corrected chi connectivity index (χ3v) is 0. The number of hydrogen-bond acceptors (Lipinski definition) is 1. The van der Waals surface area contributed by atoms with Gasteiger partial charge in [-0.15, -0.1) is 0 Å². The van der Waals surface area contributed by atoms with Gasteiger partial charge < -0.3 is 0 Å². The van der Waals surface area contributed by atoms with Crippen LogP contribution in [0.3, 0.4) is 0 Å². The average molecular weight is 422 g/mol. The van der Waals surface area contributed by atoms with Gasteiger partial charge in [0.1, 0.15) is 0 Å². The van der Waals surface area contributed by atoms with Gasteiger partial charge in [0.2, 0.25) is 0 Å². The molecule has 1 nitrogen and oxygen atoms in total. The van der Waals surface area contributed by atoms with Crippen LogP contribution in [-0.2, 0) is 42.1 Å². The molecule has 0 spiro atoms. The van der Waals surface area contributed by atoms with E-state index in [2.05, 4.69) is 0 Å². The van der Waals surface area contributed by atoms with Crippen LogP contribution < -0.4 is 0 Å². The molecule has 0 aliphatic heterocycles. The Bertz CT molecular complexity index is 29.0. The van der Waals surface area contributed by atoms with Gasteiger partial charge in [0.05, 0.1) is 0 Å². The van der Waals surface area contributed by atoms with Crippen LogP contribution in [0.1, 0.15) is 0 Å². The van der Waals surface area contributed by atoms with Crippen molar-refractivity contribution in [3.63, 3.8) is 0 Å². The van der Waals surface area contributed by atoms with Gasteiger partial charge in [0.25, 0.3) is 0 Å². The zero-order valence-corrected chi connectivity index (χ0v) is 5.84. The fourth-order valence-corrected chi connectivity index (χ4v) is 0. The van der Waals surface area contributed by atoms with Gasteiger partial charge in [-0.05, 0) is 0 Å². The van der Waals surface area contributed by atoms with E-state index in [1.165, 1.54) is 0 Å². The zero-order valence-electron chi connectivity index (χ0n) is 1.51. The van der Waals surface area contributed by atoms with Crippen LogP contribution in [0.5, 0.6) is 0 Å². The second-order valence-electron chi connectivity index (χ2n) is 0.169. The van der Waals surface area contributed by atoms with Crippen LogP contribution in [0.2, 0.25) is 0 Å². The summed E-state index contributed by atoms with van der Waals surface area (Å²) in [7, 11) is 0. The van der Waals surface area contributed by atoms with Crippen LogP contribution >= 0.6 is 0 Å². The molecule has 0 unspecified atom stereocenters. The predicted octanol–water partition coefficient (Wildman–Crippen LogP) is 0.200. The number of rotatable bonds is 0. The number of carbonyl (C=O) groups is 1. The van der Waals surface area contributed by atoms with Crippen LogP contribution in [0, 0.1) is 0 Å². The van der Waals surface area contributed by atoms with E-state index in [9.17, 15) is 4.79 Å². The fraction of sp³-hybridized carbons (Fsp3) is 0. The summed E-state index contributed by atoms with van der Waals surface area (Å²) in [4.78, 5) is 9.40. The van der Waals surface area contributed by atoms with Gasteiger partial charge >= 0.3 is 49.1 Å². The van der Waals surface area contributed by atoms with Crippen molar-refractivity contribution in [2.45, 2.75) is 0 Å². The molecule has 0 N–H and O–H groups in total. The maximum atomic E-state index is 9.40. The van der Waals surface area contributed by atoms with Crippen molar-refractivity contribution in [3.8, 4) is 0 Å². The Morgan fingerprint density at radius 3 is 1.50 bits per heavy atom. The molecule has 0 aromatic rings. The van der Waals surface area contributed by atoms with Crippen molar-refractivity contribution >= 4 is 2.22 Å². The topological polar surface area (TPSA) is 17.1 Å². The van der Waals surface area contributed by atoms with Crippen molar-refractivity contribution in [1.82, 2.24) is 0 Å². The van der Waals surface area contributed by atoms with E-state index in [0.29, 0.717) is 0 Å². The van der Waals surface area contributed by atoms with Crippen LogP contribution in [0.15, 0.2) is 0 Å². The summed E-state index contributed by atoms with van der Waals surface area (Å²) in [5.41, 5.74) is 0. The summed E-state index contributed by atoms with van der Waals surface area (Å²) in [6, 6.07) is 0. The first-order valence-corrected chi connectivity index (χ1v) is 2.67. The van der Waals surface area contributed by atoms with Gasteiger partial charge in [-0.3, -0.25) is 0 Å². The van der Waals surface area contributed by atoms with Crippen molar-refractivity contribution < 1.29 is 46.9 Å². The maximum absolute atomic E-state index is 9.40. The predicted molar refractivity (Wildman–Crippen MR) is 5.40 cm³/mol. The molecule has 3 heteroatoms. The Morgan fingerprint density at radius 1 is 1.50 bits per heavy atom. The summed E-state index contributed by atoms with van der Waals surface area (Å²) in [5, 5.41) is 0. The summed E-state index contributed by atoms with van der Waals surface area (Å²) in [5.74, 6) is 0. The van der Waals surface area contributed by atoms with Gasteiger partial charge in [0, 0.05) is 0 Å². The van der Waals surface area contributed by atoms with Crippen LogP contribution in [0.4, 0.5) is 4.79 Å². The molecular formula is CAu2O. The second-order valence-corrected chi connectivity index (χ2v) is 4.05. The minimum absolute atomic E-state index is 0.0556. The van der Waals surface area contributed by atoms with E-state index >= 15 is 0 Å². The molecular weight excluding hydrogens is 422 g/mol. The third-order valence-electron chi connectivity index (χ3n) is 0. The molecule has 0 fully saturated rings. The third kappa shape index (κ3) is 11.0. The molecule has 0 radical (unpaired) electrons. The van der Waals surface area contributed by atoms with Gasteiger partial charge in [-0.1, -0.05) is 0 Å². The average Bonchev–Trinajstić information content (AvgIpc) is 0.811. The SMILES string of the molecule is O=[C]([Au])[Au]. The Hall–Kier alpha value is 1.15. The summed E-state index contributed by atoms with van der Waals surface area (Å²) >= 11 is 3.66. The Balaban J connectivity index is 2.80. The van der Waals surface area contributed by atoms with Crippen molar-refractivity contribution in [2.24, 2.45) is 0 Å². The standard InChI is InChI=1S/CO.2Au/c1-2;;. The monoisotopic (exact) mass is 422 g/mol. The number of carbonyl (C=O) groups excluding carboxylic acids is 1. The first kappa shape index (κ1) is 5.15. The quantitative estimate of drug-likeness (QED) is 0.511. The van der Waals surface area contributed by atoms with E-state index in [4.69, 9.17) is 0 Å². The fourth-order valence-electron chi connectivity index (χ4n) is 0. The van der Waals surface area contributed by atoms with Crippen molar-refractivity contribution in [3.05, 3.63) is 0 Å². The summed E-state index contributed by atoms with van der Waals surface area (Å²) in [6.45, 7) is 0. The molecule has 0 aromatic carbocycles. The molecule has 32 valence electrons. The summed E-state index contributed by atoms with van der Waals surface area (Å²) in [6.07, 6.45) is 0. The first-order chi connectivity index (χ1) is 1.73. The van der Waals surface area contributed by atoms with E-state index in [1.807, 2.05) is 42.1 Å². The van der Waals surface area contributed by atoms with Gasteiger partial charge in [-0.25, -0.2) is 0 Å². The van der Waals surface area contributed by atoms with Crippen molar-refractivity contribution in [2.75, 3.05) is 0 Å². The van der Waals surface area contributed by atoms with E-state index in [0.717, 1.165) is 0 Å². The minimum atomic E-state index is 0.0556. The molecule has 0 aliphatic carbocycles. The Labute approximate surface area is 49.0 Å². The number of hydrogen-bond donors (Lipinski definition) is 0. The van der Waals surface area contributed by atoms with Crippen LogP contribution in [0.25, 0.3) is 0 Å². The van der Waals surface area contributed by atoms with Crippen LogP contribution in [-0.4, -0.2) is 2.22 Å². The molecule has 0 amide bonds. The van der Waals surface area contributed by atoms with Gasteiger partial charge in [0.15, 0.2) is 0 Å². The van der Waals surface area contributed by atoms with E-state index < -0.39 is 0 Å². The van der Waals surface area contributed by atoms with Crippen molar-refractivity contribution in [1.29, 1.82) is 0 Å². The normalized spacial score (nSPS) is 7.00. The Morgan fingerprint density at radius 2 is 1.50 bits per heavy atom. The summed E-state index contributed by atoms with van der Waals surface area (Å²) < 4.78 is 0.0556.